The first-order valence-electron chi connectivity index (χ1n) is 6.57. The molecule has 0 atom stereocenters. The van der Waals surface area contributed by atoms with E-state index in [1.54, 1.807) is 0 Å². The van der Waals surface area contributed by atoms with Crippen molar-refractivity contribution >= 4 is 17.2 Å². The van der Waals surface area contributed by atoms with Crippen molar-refractivity contribution < 1.29 is 0 Å². The number of rotatable bonds is 5. The molecule has 0 aliphatic rings. The van der Waals surface area contributed by atoms with Gasteiger partial charge in [0.05, 0.1) is 0 Å². The molecule has 0 aliphatic carbocycles. The van der Waals surface area contributed by atoms with E-state index in [1.807, 2.05) is 53.1 Å². The second kappa shape index (κ2) is 6.03. The second-order valence-electron chi connectivity index (χ2n) is 4.60. The molecule has 0 radical (unpaired) electrons. The first kappa shape index (κ1) is 13.1. The zero-order valence-corrected chi connectivity index (χ0v) is 11.7. The molecular formula is C15H15ClN4. The number of fused-ring (bicyclic) bond motifs is 1. The summed E-state index contributed by atoms with van der Waals surface area (Å²) in [5.74, 6) is 0.976. The van der Waals surface area contributed by atoms with Gasteiger partial charge in [-0.2, -0.15) is 0 Å². The highest BCUT2D eigenvalue weighted by Gasteiger charge is 2.03. The molecule has 1 aromatic carbocycles. The molecule has 3 aromatic rings. The molecule has 0 bridgehead atoms. The Hall–Kier alpha value is -1.91. The molecule has 0 spiro atoms. The Kier molecular flexibility index (Phi) is 3.95. The van der Waals surface area contributed by atoms with E-state index in [-0.39, 0.29) is 0 Å². The van der Waals surface area contributed by atoms with Crippen LogP contribution in [-0.4, -0.2) is 21.1 Å². The van der Waals surface area contributed by atoms with E-state index in [1.165, 1.54) is 5.56 Å². The summed E-state index contributed by atoms with van der Waals surface area (Å²) < 4.78 is 2.02. The number of pyridine rings is 1. The van der Waals surface area contributed by atoms with Gasteiger partial charge in [0.25, 0.3) is 0 Å². The predicted octanol–water partition coefficient (Wildman–Crippen LogP) is 2.72. The molecule has 2 aromatic heterocycles. The molecule has 0 unspecified atom stereocenters. The molecule has 0 fully saturated rings. The summed E-state index contributed by atoms with van der Waals surface area (Å²) >= 11 is 5.86. The number of halogens is 1. The van der Waals surface area contributed by atoms with Crippen molar-refractivity contribution in [1.29, 1.82) is 0 Å². The van der Waals surface area contributed by atoms with Crippen LogP contribution in [0.1, 0.15) is 11.4 Å². The van der Waals surface area contributed by atoms with Crippen molar-refractivity contribution in [2.24, 2.45) is 0 Å². The third-order valence-corrected chi connectivity index (χ3v) is 3.40. The van der Waals surface area contributed by atoms with E-state index >= 15 is 0 Å². The van der Waals surface area contributed by atoms with Crippen molar-refractivity contribution in [1.82, 2.24) is 19.9 Å². The molecule has 5 heteroatoms. The van der Waals surface area contributed by atoms with Crippen LogP contribution in [0.4, 0.5) is 0 Å². The van der Waals surface area contributed by atoms with Gasteiger partial charge in [-0.25, -0.2) is 0 Å². The van der Waals surface area contributed by atoms with Gasteiger partial charge in [-0.3, -0.25) is 4.40 Å². The third-order valence-electron chi connectivity index (χ3n) is 3.15. The van der Waals surface area contributed by atoms with E-state index in [9.17, 15) is 0 Å². The topological polar surface area (TPSA) is 42.2 Å². The molecule has 0 amide bonds. The van der Waals surface area contributed by atoms with Gasteiger partial charge >= 0.3 is 0 Å². The lowest BCUT2D eigenvalue weighted by Gasteiger charge is -2.04. The van der Waals surface area contributed by atoms with Crippen LogP contribution in [0.5, 0.6) is 0 Å². The normalized spacial score (nSPS) is 11.1. The molecule has 1 N–H and O–H groups in total. The largest absolute Gasteiger partial charge is 0.312 e. The molecule has 20 heavy (non-hydrogen) atoms. The van der Waals surface area contributed by atoms with Crippen molar-refractivity contribution in [3.8, 4) is 0 Å². The third kappa shape index (κ3) is 2.98. The Bertz CT molecular complexity index is 690. The Labute approximate surface area is 122 Å². The number of nitrogens with one attached hydrogen (secondary N) is 1. The van der Waals surface area contributed by atoms with Gasteiger partial charge < -0.3 is 5.32 Å². The van der Waals surface area contributed by atoms with Gasteiger partial charge in [0.15, 0.2) is 5.65 Å². The quantitative estimate of drug-likeness (QED) is 0.733. The maximum Gasteiger partial charge on any atom is 0.160 e. The Morgan fingerprint density at radius 2 is 1.90 bits per heavy atom. The number of aromatic nitrogens is 3. The summed E-state index contributed by atoms with van der Waals surface area (Å²) in [6.07, 6.45) is 2.84. The van der Waals surface area contributed by atoms with Crippen molar-refractivity contribution in [2.75, 3.05) is 6.54 Å². The standard InChI is InChI=1S/C15H15ClN4/c16-13-6-4-12(5-7-13)11-17-9-8-15-19-18-14-3-1-2-10-20(14)15/h1-7,10,17H,8-9,11H2. The van der Waals surface area contributed by atoms with Gasteiger partial charge in [-0.1, -0.05) is 29.8 Å². The molecule has 0 saturated carbocycles. The average Bonchev–Trinajstić information content (AvgIpc) is 2.89. The molecule has 4 nitrogen and oxygen atoms in total. The smallest absolute Gasteiger partial charge is 0.160 e. The number of nitrogens with zero attached hydrogens (tertiary/aromatic N) is 3. The highest BCUT2D eigenvalue weighted by atomic mass is 35.5. The molecule has 0 aliphatic heterocycles. The van der Waals surface area contributed by atoms with Gasteiger partial charge in [0.1, 0.15) is 5.82 Å². The van der Waals surface area contributed by atoms with Gasteiger partial charge in [-0.05, 0) is 29.8 Å². The lowest BCUT2D eigenvalue weighted by molar-refractivity contribution is 0.667. The first-order valence-corrected chi connectivity index (χ1v) is 6.94. The van der Waals surface area contributed by atoms with Crippen LogP contribution in [0.2, 0.25) is 5.02 Å². The van der Waals surface area contributed by atoms with E-state index < -0.39 is 0 Å². The highest BCUT2D eigenvalue weighted by molar-refractivity contribution is 6.30. The first-order chi connectivity index (χ1) is 9.83. The predicted molar refractivity (Wildman–Crippen MR) is 79.8 cm³/mol. The second-order valence-corrected chi connectivity index (χ2v) is 5.03. The highest BCUT2D eigenvalue weighted by Crippen LogP contribution is 2.09. The lowest BCUT2D eigenvalue weighted by atomic mass is 10.2. The van der Waals surface area contributed by atoms with Crippen LogP contribution in [-0.2, 0) is 13.0 Å². The van der Waals surface area contributed by atoms with E-state index in [4.69, 9.17) is 11.6 Å². The lowest BCUT2D eigenvalue weighted by Crippen LogP contribution is -2.17. The summed E-state index contributed by atoms with van der Waals surface area (Å²) in [4.78, 5) is 0. The fraction of sp³-hybridized carbons (Fsp3) is 0.200. The average molecular weight is 287 g/mol. The van der Waals surface area contributed by atoms with Gasteiger partial charge in [0, 0.05) is 30.7 Å². The number of benzene rings is 1. The van der Waals surface area contributed by atoms with E-state index in [0.717, 1.165) is 36.0 Å². The Morgan fingerprint density at radius 3 is 2.75 bits per heavy atom. The maximum absolute atomic E-state index is 5.86. The zero-order valence-electron chi connectivity index (χ0n) is 11.0. The summed E-state index contributed by atoms with van der Waals surface area (Å²) in [5, 5.41) is 12.5. The van der Waals surface area contributed by atoms with E-state index in [2.05, 4.69) is 15.5 Å². The SMILES string of the molecule is Clc1ccc(CNCCc2nnc3ccccn23)cc1. The van der Waals surface area contributed by atoms with Crippen LogP contribution in [0.3, 0.4) is 0 Å². The monoisotopic (exact) mass is 286 g/mol. The zero-order chi connectivity index (χ0) is 13.8. The molecular weight excluding hydrogens is 272 g/mol. The fourth-order valence-electron chi connectivity index (χ4n) is 2.10. The number of hydrogen-bond acceptors (Lipinski definition) is 3. The van der Waals surface area contributed by atoms with Gasteiger partial charge in [-0.15, -0.1) is 10.2 Å². The summed E-state index contributed by atoms with van der Waals surface area (Å²) in [5.41, 5.74) is 2.11. The summed E-state index contributed by atoms with van der Waals surface area (Å²) in [6.45, 7) is 1.69. The van der Waals surface area contributed by atoms with Crippen molar-refractivity contribution in [2.45, 2.75) is 13.0 Å². The molecule has 3 rings (SSSR count). The molecule has 2 heterocycles. The van der Waals surface area contributed by atoms with Crippen LogP contribution in [0, 0.1) is 0 Å². The van der Waals surface area contributed by atoms with Crippen LogP contribution in [0.25, 0.3) is 5.65 Å². The summed E-state index contributed by atoms with van der Waals surface area (Å²) in [7, 11) is 0. The maximum atomic E-state index is 5.86. The van der Waals surface area contributed by atoms with Crippen LogP contribution < -0.4 is 5.32 Å². The fourth-order valence-corrected chi connectivity index (χ4v) is 2.22. The van der Waals surface area contributed by atoms with Crippen LogP contribution >= 0.6 is 11.6 Å². The van der Waals surface area contributed by atoms with Crippen LogP contribution in [0.15, 0.2) is 48.7 Å². The van der Waals surface area contributed by atoms with Crippen molar-refractivity contribution in [3.63, 3.8) is 0 Å². The Balaban J connectivity index is 1.54. The van der Waals surface area contributed by atoms with Gasteiger partial charge in [0.2, 0.25) is 0 Å². The van der Waals surface area contributed by atoms with E-state index in [0.29, 0.717) is 0 Å². The minimum absolute atomic E-state index is 0.767. The number of hydrogen-bond donors (Lipinski definition) is 1. The minimum atomic E-state index is 0.767. The van der Waals surface area contributed by atoms with Crippen molar-refractivity contribution in [3.05, 3.63) is 65.1 Å². The molecule has 102 valence electrons. The summed E-state index contributed by atoms with van der Waals surface area (Å²) in [6, 6.07) is 13.8. The molecule has 0 saturated heterocycles. The minimum Gasteiger partial charge on any atom is -0.312 e. The Morgan fingerprint density at radius 1 is 1.05 bits per heavy atom.